The van der Waals surface area contributed by atoms with E-state index in [1.165, 1.54) is 11.1 Å². The highest BCUT2D eigenvalue weighted by molar-refractivity contribution is 5.96. The van der Waals surface area contributed by atoms with Crippen LogP contribution in [0.15, 0.2) is 65.8 Å². The second-order valence-corrected chi connectivity index (χ2v) is 8.38. The summed E-state index contributed by atoms with van der Waals surface area (Å²) in [5.74, 6) is -0.233. The number of nitrogens with zero attached hydrogens (tertiary/aromatic N) is 4. The summed E-state index contributed by atoms with van der Waals surface area (Å²) in [6.07, 6.45) is 1.68. The van der Waals surface area contributed by atoms with Crippen LogP contribution in [0.1, 0.15) is 49.8 Å². The zero-order valence-corrected chi connectivity index (χ0v) is 19.8. The Bertz CT molecular complexity index is 1310. The van der Waals surface area contributed by atoms with E-state index < -0.39 is 0 Å². The monoisotopic (exact) mass is 439 g/mol. The van der Waals surface area contributed by atoms with Crippen LogP contribution in [-0.2, 0) is 6.54 Å². The molecule has 2 heterocycles. The van der Waals surface area contributed by atoms with Crippen LogP contribution < -0.4 is 5.43 Å². The van der Waals surface area contributed by atoms with E-state index >= 15 is 0 Å². The first-order valence-corrected chi connectivity index (χ1v) is 11.0. The molecular formula is C27H29N5O. The lowest BCUT2D eigenvalue weighted by Crippen LogP contribution is -2.18. The summed E-state index contributed by atoms with van der Waals surface area (Å²) in [4.78, 5) is 12.8. The number of para-hydroxylation sites is 1. The Morgan fingerprint density at radius 3 is 2.36 bits per heavy atom. The van der Waals surface area contributed by atoms with Gasteiger partial charge in [-0.25, -0.2) is 5.43 Å². The molecule has 0 saturated heterocycles. The van der Waals surface area contributed by atoms with Crippen molar-refractivity contribution in [1.29, 1.82) is 0 Å². The zero-order chi connectivity index (χ0) is 23.5. The topological polar surface area (TPSA) is 64.2 Å². The van der Waals surface area contributed by atoms with E-state index in [9.17, 15) is 4.79 Å². The van der Waals surface area contributed by atoms with Gasteiger partial charge in [0.1, 0.15) is 0 Å². The molecule has 0 aliphatic rings. The van der Waals surface area contributed by atoms with Gasteiger partial charge in [-0.05, 0) is 58.4 Å². The molecule has 4 rings (SSSR count). The van der Waals surface area contributed by atoms with Crippen molar-refractivity contribution in [2.24, 2.45) is 5.10 Å². The van der Waals surface area contributed by atoms with Gasteiger partial charge in [-0.15, -0.1) is 0 Å². The number of aryl methyl sites for hydroxylation is 3. The number of carbonyl (C=O) groups excluding carboxylic acids is 1. The SMILES string of the molecule is Cc1ccc(Cn2nc(C)c(/C=N/NC(=O)c3cc(C)n(-c4ccccc4)c3C)c2C)cc1. The van der Waals surface area contributed by atoms with Crippen LogP contribution >= 0.6 is 0 Å². The lowest BCUT2D eigenvalue weighted by molar-refractivity contribution is 0.0954. The smallest absolute Gasteiger partial charge is 0.273 e. The van der Waals surface area contributed by atoms with Gasteiger partial charge in [-0.1, -0.05) is 48.0 Å². The number of amides is 1. The number of carbonyl (C=O) groups is 1. The molecule has 4 aromatic rings. The minimum atomic E-state index is -0.233. The molecule has 2 aromatic carbocycles. The average Bonchev–Trinajstić information content (AvgIpc) is 3.25. The number of rotatable bonds is 6. The van der Waals surface area contributed by atoms with Crippen molar-refractivity contribution in [3.63, 3.8) is 0 Å². The molecule has 1 amide bonds. The summed E-state index contributed by atoms with van der Waals surface area (Å²) in [5, 5.41) is 8.89. The first-order valence-electron chi connectivity index (χ1n) is 11.0. The molecule has 1 N–H and O–H groups in total. The predicted molar refractivity (Wildman–Crippen MR) is 132 cm³/mol. The molecule has 0 radical (unpaired) electrons. The first kappa shape index (κ1) is 22.3. The Hall–Kier alpha value is -3.93. The van der Waals surface area contributed by atoms with Gasteiger partial charge in [-0.2, -0.15) is 10.2 Å². The standard InChI is InChI=1S/C27H29N5O/c1-18-11-13-23(14-12-18)17-31-21(4)26(20(3)30-31)16-28-29-27(33)25-15-19(2)32(22(25)5)24-9-7-6-8-10-24/h6-16H,17H2,1-5H3,(H,29,33)/b28-16+. The van der Waals surface area contributed by atoms with E-state index in [1.807, 2.05) is 68.8 Å². The maximum atomic E-state index is 12.8. The Kier molecular flexibility index (Phi) is 6.27. The zero-order valence-electron chi connectivity index (χ0n) is 19.8. The largest absolute Gasteiger partial charge is 0.318 e. The van der Waals surface area contributed by atoms with Crippen molar-refractivity contribution in [2.45, 2.75) is 41.2 Å². The molecule has 0 aliphatic carbocycles. The minimum Gasteiger partial charge on any atom is -0.318 e. The Morgan fingerprint density at radius 2 is 1.67 bits per heavy atom. The van der Waals surface area contributed by atoms with Gasteiger partial charge in [0.2, 0.25) is 0 Å². The summed E-state index contributed by atoms with van der Waals surface area (Å²) in [5.41, 5.74) is 11.4. The maximum absolute atomic E-state index is 12.8. The van der Waals surface area contributed by atoms with Gasteiger partial charge in [-0.3, -0.25) is 9.48 Å². The van der Waals surface area contributed by atoms with E-state index in [0.29, 0.717) is 12.1 Å². The molecule has 0 unspecified atom stereocenters. The van der Waals surface area contributed by atoms with Crippen molar-refractivity contribution in [3.8, 4) is 5.69 Å². The molecule has 0 atom stereocenters. The van der Waals surface area contributed by atoms with Crippen LogP contribution in [0.3, 0.4) is 0 Å². The van der Waals surface area contributed by atoms with Gasteiger partial charge >= 0.3 is 0 Å². The van der Waals surface area contributed by atoms with Gasteiger partial charge < -0.3 is 4.57 Å². The summed E-state index contributed by atoms with van der Waals surface area (Å²) in [6, 6.07) is 20.3. The van der Waals surface area contributed by atoms with Crippen LogP contribution in [0.25, 0.3) is 5.69 Å². The van der Waals surface area contributed by atoms with Gasteiger partial charge in [0.05, 0.1) is 24.0 Å². The molecule has 0 saturated carbocycles. The predicted octanol–water partition coefficient (Wildman–Crippen LogP) is 5.03. The van der Waals surface area contributed by atoms with Crippen LogP contribution in [-0.4, -0.2) is 26.5 Å². The second kappa shape index (κ2) is 9.28. The Morgan fingerprint density at radius 1 is 0.970 bits per heavy atom. The van der Waals surface area contributed by atoms with Crippen molar-refractivity contribution in [2.75, 3.05) is 0 Å². The third-order valence-corrected chi connectivity index (χ3v) is 5.94. The molecule has 0 bridgehead atoms. The average molecular weight is 440 g/mol. The molecule has 6 nitrogen and oxygen atoms in total. The van der Waals surface area contributed by atoms with E-state index in [-0.39, 0.29) is 5.91 Å². The number of hydrazone groups is 1. The molecule has 0 fully saturated rings. The summed E-state index contributed by atoms with van der Waals surface area (Å²) in [7, 11) is 0. The summed E-state index contributed by atoms with van der Waals surface area (Å²) < 4.78 is 4.04. The molecule has 168 valence electrons. The van der Waals surface area contributed by atoms with Gasteiger partial charge in [0, 0.05) is 28.3 Å². The number of benzene rings is 2. The van der Waals surface area contributed by atoms with Gasteiger partial charge in [0.15, 0.2) is 0 Å². The van der Waals surface area contributed by atoms with Crippen LogP contribution in [0.5, 0.6) is 0 Å². The van der Waals surface area contributed by atoms with E-state index in [0.717, 1.165) is 34.0 Å². The van der Waals surface area contributed by atoms with Gasteiger partial charge in [0.25, 0.3) is 5.91 Å². The fraction of sp³-hybridized carbons (Fsp3) is 0.222. The van der Waals surface area contributed by atoms with Crippen molar-refractivity contribution >= 4 is 12.1 Å². The molecule has 2 aromatic heterocycles. The lowest BCUT2D eigenvalue weighted by atomic mass is 10.1. The number of hydrogen-bond donors (Lipinski definition) is 1. The van der Waals surface area contributed by atoms with E-state index in [4.69, 9.17) is 0 Å². The van der Waals surface area contributed by atoms with E-state index in [1.54, 1.807) is 6.21 Å². The first-order chi connectivity index (χ1) is 15.8. The molecule has 6 heteroatoms. The highest BCUT2D eigenvalue weighted by Gasteiger charge is 2.16. The van der Waals surface area contributed by atoms with Crippen molar-refractivity contribution in [1.82, 2.24) is 19.8 Å². The lowest BCUT2D eigenvalue weighted by Gasteiger charge is -2.09. The second-order valence-electron chi connectivity index (χ2n) is 8.38. The quantitative estimate of drug-likeness (QED) is 0.338. The molecule has 0 aliphatic heterocycles. The number of nitrogens with one attached hydrogen (secondary N) is 1. The fourth-order valence-electron chi connectivity index (χ4n) is 4.10. The maximum Gasteiger partial charge on any atom is 0.273 e. The summed E-state index contributed by atoms with van der Waals surface area (Å²) in [6.45, 7) is 10.7. The minimum absolute atomic E-state index is 0.233. The Balaban J connectivity index is 1.49. The fourth-order valence-corrected chi connectivity index (χ4v) is 4.10. The van der Waals surface area contributed by atoms with E-state index in [2.05, 4.69) is 51.4 Å². The molecule has 33 heavy (non-hydrogen) atoms. The normalized spacial score (nSPS) is 11.3. The highest BCUT2D eigenvalue weighted by atomic mass is 16.2. The Labute approximate surface area is 194 Å². The number of aromatic nitrogens is 3. The molecular weight excluding hydrogens is 410 g/mol. The highest BCUT2D eigenvalue weighted by Crippen LogP contribution is 2.20. The van der Waals surface area contributed by atoms with Crippen LogP contribution in [0, 0.1) is 34.6 Å². The van der Waals surface area contributed by atoms with Crippen LogP contribution in [0.4, 0.5) is 0 Å². The third kappa shape index (κ3) is 4.65. The third-order valence-electron chi connectivity index (χ3n) is 5.94. The summed E-state index contributed by atoms with van der Waals surface area (Å²) >= 11 is 0. The molecule has 0 spiro atoms. The van der Waals surface area contributed by atoms with Crippen molar-refractivity contribution in [3.05, 3.63) is 106 Å². The van der Waals surface area contributed by atoms with Crippen LogP contribution in [0.2, 0.25) is 0 Å². The van der Waals surface area contributed by atoms with Crippen molar-refractivity contribution < 1.29 is 4.79 Å². The number of hydrogen-bond acceptors (Lipinski definition) is 3.